The van der Waals surface area contributed by atoms with Crippen LogP contribution < -0.4 is 5.32 Å². The van der Waals surface area contributed by atoms with Crippen LogP contribution in [0.4, 0.5) is 5.82 Å². The highest BCUT2D eigenvalue weighted by molar-refractivity contribution is 6.29. The van der Waals surface area contributed by atoms with Crippen LogP contribution in [0.25, 0.3) is 0 Å². The van der Waals surface area contributed by atoms with Crippen LogP contribution in [0.1, 0.15) is 17.0 Å². The first-order valence-corrected chi connectivity index (χ1v) is 6.22. The number of nitrogens with one attached hydrogen (secondary N) is 1. The van der Waals surface area contributed by atoms with E-state index >= 15 is 0 Å². The minimum absolute atomic E-state index is 0.334. The Morgan fingerprint density at radius 2 is 2.21 bits per heavy atom. The summed E-state index contributed by atoms with van der Waals surface area (Å²) in [5.41, 5.74) is 2.30. The zero-order valence-electron chi connectivity index (χ0n) is 10.9. The van der Waals surface area contributed by atoms with E-state index in [0.717, 1.165) is 5.56 Å². The largest absolute Gasteiger partial charge is 0.377 e. The lowest BCUT2D eigenvalue weighted by Gasteiger charge is -2.09. The predicted molar refractivity (Wildman–Crippen MR) is 74.1 cm³/mol. The van der Waals surface area contributed by atoms with E-state index in [1.165, 1.54) is 5.56 Å². The maximum absolute atomic E-state index is 5.94. The van der Waals surface area contributed by atoms with Gasteiger partial charge in [-0.2, -0.15) is 0 Å². The van der Waals surface area contributed by atoms with Crippen molar-refractivity contribution in [2.24, 2.45) is 0 Å². The van der Waals surface area contributed by atoms with Gasteiger partial charge in [-0.25, -0.2) is 9.97 Å². The second kappa shape index (κ2) is 6.45. The molecule has 100 valence electrons. The smallest absolute Gasteiger partial charge is 0.158 e. The van der Waals surface area contributed by atoms with Gasteiger partial charge >= 0.3 is 0 Å². The first-order valence-electron chi connectivity index (χ1n) is 5.85. The molecule has 2 aromatic heterocycles. The monoisotopic (exact) mass is 278 g/mol. The Balaban J connectivity index is 2.09. The van der Waals surface area contributed by atoms with Gasteiger partial charge in [-0.15, -0.1) is 0 Å². The van der Waals surface area contributed by atoms with E-state index in [0.29, 0.717) is 29.9 Å². The van der Waals surface area contributed by atoms with Crippen LogP contribution >= 0.6 is 11.6 Å². The summed E-state index contributed by atoms with van der Waals surface area (Å²) in [6, 6.07) is 3.66. The molecule has 19 heavy (non-hydrogen) atoms. The van der Waals surface area contributed by atoms with E-state index in [1.54, 1.807) is 19.4 Å². The van der Waals surface area contributed by atoms with Crippen molar-refractivity contribution in [1.82, 2.24) is 15.0 Å². The fraction of sp³-hybridized carbons (Fsp3) is 0.308. The third-order valence-electron chi connectivity index (χ3n) is 2.62. The zero-order valence-corrected chi connectivity index (χ0v) is 11.6. The highest BCUT2D eigenvalue weighted by atomic mass is 35.5. The van der Waals surface area contributed by atoms with Crippen molar-refractivity contribution in [3.8, 4) is 0 Å². The minimum Gasteiger partial charge on any atom is -0.377 e. The Labute approximate surface area is 117 Å². The Morgan fingerprint density at radius 1 is 1.37 bits per heavy atom. The number of hydrogen-bond donors (Lipinski definition) is 1. The van der Waals surface area contributed by atoms with Crippen LogP contribution in [0.5, 0.6) is 0 Å². The SMILES string of the molecule is COCc1nc(Cl)cc(NCc2cnccc2C)n1. The molecule has 0 saturated carbocycles. The average molecular weight is 279 g/mol. The summed E-state index contributed by atoms with van der Waals surface area (Å²) in [5, 5.41) is 3.61. The average Bonchev–Trinajstić information content (AvgIpc) is 2.37. The fourth-order valence-electron chi connectivity index (χ4n) is 1.62. The zero-order chi connectivity index (χ0) is 13.7. The van der Waals surface area contributed by atoms with Crippen LogP contribution in [0.15, 0.2) is 24.5 Å². The van der Waals surface area contributed by atoms with Gasteiger partial charge in [0.2, 0.25) is 0 Å². The van der Waals surface area contributed by atoms with E-state index in [1.807, 2.05) is 19.2 Å². The van der Waals surface area contributed by atoms with Crippen LogP contribution in [-0.4, -0.2) is 22.1 Å². The number of nitrogens with zero attached hydrogens (tertiary/aromatic N) is 3. The second-order valence-corrected chi connectivity index (χ2v) is 4.47. The maximum Gasteiger partial charge on any atom is 0.158 e. The fourth-order valence-corrected chi connectivity index (χ4v) is 1.82. The first-order chi connectivity index (χ1) is 9.19. The number of rotatable bonds is 5. The van der Waals surface area contributed by atoms with E-state index in [9.17, 15) is 0 Å². The molecule has 1 N–H and O–H groups in total. The number of methoxy groups -OCH3 is 1. The van der Waals surface area contributed by atoms with Crippen molar-refractivity contribution in [1.29, 1.82) is 0 Å². The standard InChI is InChI=1S/C13H15ClN4O/c1-9-3-4-15-6-10(9)7-16-12-5-11(14)17-13(18-12)8-19-2/h3-6H,7-8H2,1-2H3,(H,16,17,18). The van der Waals surface area contributed by atoms with Crippen LogP contribution in [0.2, 0.25) is 5.15 Å². The highest BCUT2D eigenvalue weighted by Crippen LogP contribution is 2.14. The van der Waals surface area contributed by atoms with Crippen molar-refractivity contribution in [2.75, 3.05) is 12.4 Å². The third kappa shape index (κ3) is 3.87. The van der Waals surface area contributed by atoms with Gasteiger partial charge < -0.3 is 10.1 Å². The Hall–Kier alpha value is -1.72. The molecule has 0 atom stereocenters. The molecule has 0 saturated heterocycles. The lowest BCUT2D eigenvalue weighted by atomic mass is 10.1. The van der Waals surface area contributed by atoms with Gasteiger partial charge in [-0.3, -0.25) is 4.98 Å². The number of ether oxygens (including phenoxy) is 1. The third-order valence-corrected chi connectivity index (χ3v) is 2.82. The van der Waals surface area contributed by atoms with E-state index < -0.39 is 0 Å². The number of pyridine rings is 1. The second-order valence-electron chi connectivity index (χ2n) is 4.08. The molecule has 0 aliphatic heterocycles. The van der Waals surface area contributed by atoms with Crippen molar-refractivity contribution in [3.05, 3.63) is 46.6 Å². The molecule has 2 heterocycles. The molecule has 0 unspecified atom stereocenters. The van der Waals surface area contributed by atoms with E-state index in [2.05, 4.69) is 20.3 Å². The molecule has 5 nitrogen and oxygen atoms in total. The van der Waals surface area contributed by atoms with Crippen molar-refractivity contribution >= 4 is 17.4 Å². The quantitative estimate of drug-likeness (QED) is 0.852. The molecular formula is C13H15ClN4O. The molecule has 2 aromatic rings. The number of aryl methyl sites for hydroxylation is 1. The van der Waals surface area contributed by atoms with Gasteiger partial charge in [0.15, 0.2) is 5.82 Å². The molecule has 6 heteroatoms. The molecule has 0 amide bonds. The number of hydrogen-bond acceptors (Lipinski definition) is 5. The van der Waals surface area contributed by atoms with Crippen molar-refractivity contribution < 1.29 is 4.74 Å². The summed E-state index contributed by atoms with van der Waals surface area (Å²) < 4.78 is 5.00. The van der Waals surface area contributed by atoms with Crippen molar-refractivity contribution in [2.45, 2.75) is 20.1 Å². The van der Waals surface area contributed by atoms with Gasteiger partial charge in [0, 0.05) is 32.1 Å². The molecule has 0 aromatic carbocycles. The number of aromatic nitrogens is 3. The van der Waals surface area contributed by atoms with Gasteiger partial charge in [0.1, 0.15) is 17.6 Å². The van der Waals surface area contributed by atoms with Gasteiger partial charge in [-0.1, -0.05) is 11.6 Å². The first kappa shape index (κ1) is 13.7. The summed E-state index contributed by atoms with van der Waals surface area (Å²) in [7, 11) is 1.59. The highest BCUT2D eigenvalue weighted by Gasteiger charge is 2.04. The maximum atomic E-state index is 5.94. The Morgan fingerprint density at radius 3 is 2.95 bits per heavy atom. The van der Waals surface area contributed by atoms with Crippen LogP contribution in [0, 0.1) is 6.92 Å². The van der Waals surface area contributed by atoms with Gasteiger partial charge in [0.05, 0.1) is 0 Å². The lowest BCUT2D eigenvalue weighted by molar-refractivity contribution is 0.178. The lowest BCUT2D eigenvalue weighted by Crippen LogP contribution is -2.06. The topological polar surface area (TPSA) is 59.9 Å². The summed E-state index contributed by atoms with van der Waals surface area (Å²) in [5.74, 6) is 1.23. The molecule has 0 fully saturated rings. The molecule has 0 bridgehead atoms. The van der Waals surface area contributed by atoms with Gasteiger partial charge in [-0.05, 0) is 24.1 Å². The van der Waals surface area contributed by atoms with E-state index in [4.69, 9.17) is 16.3 Å². The molecule has 0 spiro atoms. The van der Waals surface area contributed by atoms with E-state index in [-0.39, 0.29) is 0 Å². The molecule has 2 rings (SSSR count). The number of anilines is 1. The number of halogens is 1. The van der Waals surface area contributed by atoms with Crippen LogP contribution in [0.3, 0.4) is 0 Å². The summed E-state index contributed by atoms with van der Waals surface area (Å²) >= 11 is 5.94. The molecular weight excluding hydrogens is 264 g/mol. The summed E-state index contributed by atoms with van der Waals surface area (Å²) in [6.45, 7) is 3.02. The summed E-state index contributed by atoms with van der Waals surface area (Å²) in [4.78, 5) is 12.5. The molecule has 0 aliphatic rings. The molecule has 0 radical (unpaired) electrons. The predicted octanol–water partition coefficient (Wildman–Crippen LogP) is 2.59. The summed E-state index contributed by atoms with van der Waals surface area (Å²) in [6.07, 6.45) is 3.61. The van der Waals surface area contributed by atoms with Crippen LogP contribution in [-0.2, 0) is 17.9 Å². The van der Waals surface area contributed by atoms with Crippen molar-refractivity contribution in [3.63, 3.8) is 0 Å². The minimum atomic E-state index is 0.334. The molecule has 0 aliphatic carbocycles. The Bertz CT molecular complexity index is 562. The Kier molecular flexibility index (Phi) is 4.65. The van der Waals surface area contributed by atoms with Gasteiger partial charge in [0.25, 0.3) is 0 Å². The normalized spacial score (nSPS) is 10.5.